The molecule has 124 valence electrons. The van der Waals surface area contributed by atoms with Crippen molar-refractivity contribution < 1.29 is 17.9 Å². The molecule has 5 heteroatoms. The molecule has 1 nitrogen and oxygen atoms in total. The number of hydrogen-bond donors (Lipinski definition) is 0. The molecule has 0 aromatic heterocycles. The highest BCUT2D eigenvalue weighted by atomic mass is 127. The molecule has 3 rings (SSSR count). The first kappa shape index (κ1) is 17.1. The van der Waals surface area contributed by atoms with Crippen molar-refractivity contribution in [3.05, 3.63) is 84.0 Å². The zero-order chi connectivity index (χ0) is 17.2. The van der Waals surface area contributed by atoms with Crippen LogP contribution in [0.3, 0.4) is 0 Å². The van der Waals surface area contributed by atoms with Crippen LogP contribution in [0.5, 0.6) is 5.75 Å². The van der Waals surface area contributed by atoms with E-state index in [0.717, 1.165) is 23.3 Å². The number of benzene rings is 2. The average molecular weight is 442 g/mol. The van der Waals surface area contributed by atoms with E-state index in [1.54, 1.807) is 0 Å². The summed E-state index contributed by atoms with van der Waals surface area (Å²) in [6.45, 7) is 0. The van der Waals surface area contributed by atoms with E-state index in [9.17, 15) is 13.2 Å². The molecule has 0 bridgehead atoms. The molecule has 0 saturated heterocycles. The monoisotopic (exact) mass is 442 g/mol. The molecule has 1 aliphatic rings. The van der Waals surface area contributed by atoms with Crippen LogP contribution < -0.4 is 4.74 Å². The van der Waals surface area contributed by atoms with Crippen molar-refractivity contribution in [2.24, 2.45) is 0 Å². The van der Waals surface area contributed by atoms with Gasteiger partial charge in [-0.05, 0) is 52.4 Å². The topological polar surface area (TPSA) is 9.23 Å². The van der Waals surface area contributed by atoms with Crippen molar-refractivity contribution >= 4 is 28.2 Å². The lowest BCUT2D eigenvalue weighted by Gasteiger charge is -2.32. The van der Waals surface area contributed by atoms with E-state index in [1.165, 1.54) is 12.1 Å². The van der Waals surface area contributed by atoms with E-state index in [-0.39, 0.29) is 0 Å². The molecule has 0 saturated carbocycles. The Balaban J connectivity index is 1.87. The maximum Gasteiger partial charge on any atom is 0.416 e. The van der Waals surface area contributed by atoms with E-state index in [0.29, 0.717) is 12.2 Å². The van der Waals surface area contributed by atoms with E-state index in [4.69, 9.17) is 4.74 Å². The second-order valence-corrected chi connectivity index (χ2v) is 7.17. The van der Waals surface area contributed by atoms with Gasteiger partial charge in [0.15, 0.2) is 3.61 Å². The molecule has 0 heterocycles. The number of alkyl halides is 4. The number of halogens is 4. The molecule has 2 aromatic rings. The first-order valence-electron chi connectivity index (χ1n) is 7.36. The largest absolute Gasteiger partial charge is 0.472 e. The smallest absolute Gasteiger partial charge is 0.416 e. The highest BCUT2D eigenvalue weighted by Crippen LogP contribution is 2.43. The highest BCUT2D eigenvalue weighted by molar-refractivity contribution is 14.1. The summed E-state index contributed by atoms with van der Waals surface area (Å²) < 4.78 is 43.4. The van der Waals surface area contributed by atoms with Crippen LogP contribution in [-0.4, -0.2) is 3.61 Å². The number of ether oxygens (including phenoxy) is 1. The predicted molar refractivity (Wildman–Crippen MR) is 97.0 cm³/mol. The van der Waals surface area contributed by atoms with Crippen LogP contribution >= 0.6 is 22.6 Å². The van der Waals surface area contributed by atoms with Crippen molar-refractivity contribution in [2.75, 3.05) is 0 Å². The van der Waals surface area contributed by atoms with Crippen LogP contribution in [-0.2, 0) is 6.18 Å². The maximum atomic E-state index is 12.7. The van der Waals surface area contributed by atoms with Gasteiger partial charge >= 0.3 is 6.18 Å². The predicted octanol–water partition coefficient (Wildman–Crippen LogP) is 6.26. The zero-order valence-electron chi connectivity index (χ0n) is 12.6. The first-order valence-corrected chi connectivity index (χ1v) is 8.44. The molecule has 0 fully saturated rings. The van der Waals surface area contributed by atoms with Crippen molar-refractivity contribution in [3.63, 3.8) is 0 Å². The molecule has 1 unspecified atom stereocenters. The fourth-order valence-electron chi connectivity index (χ4n) is 2.54. The van der Waals surface area contributed by atoms with Crippen molar-refractivity contribution in [2.45, 2.75) is 16.2 Å². The fraction of sp³-hybridized carbons (Fsp3) is 0.158. The van der Waals surface area contributed by atoms with Gasteiger partial charge in [-0.15, -0.1) is 0 Å². The Morgan fingerprint density at radius 2 is 1.62 bits per heavy atom. The summed E-state index contributed by atoms with van der Waals surface area (Å²) in [5.41, 5.74) is 1.34. The normalized spacial score (nSPS) is 20.6. The summed E-state index contributed by atoms with van der Waals surface area (Å²) in [5.74, 6) is 0.412. The Bertz CT molecular complexity index is 763. The molecule has 1 atom stereocenters. The Morgan fingerprint density at radius 3 is 2.25 bits per heavy atom. The van der Waals surface area contributed by atoms with Gasteiger partial charge in [0.25, 0.3) is 0 Å². The molecule has 0 aliphatic heterocycles. The maximum absolute atomic E-state index is 12.7. The molecule has 0 amide bonds. The van der Waals surface area contributed by atoms with Gasteiger partial charge in [0.1, 0.15) is 5.75 Å². The average Bonchev–Trinajstić information content (AvgIpc) is 2.55. The van der Waals surface area contributed by atoms with Gasteiger partial charge in [0.2, 0.25) is 0 Å². The summed E-state index contributed by atoms with van der Waals surface area (Å²) in [7, 11) is 0. The number of rotatable bonds is 3. The van der Waals surface area contributed by atoms with E-state index < -0.39 is 15.3 Å². The minimum atomic E-state index is -4.34. The number of hydrogen-bond acceptors (Lipinski definition) is 1. The van der Waals surface area contributed by atoms with Crippen LogP contribution in [0.25, 0.3) is 5.57 Å². The Morgan fingerprint density at radius 1 is 0.958 bits per heavy atom. The van der Waals surface area contributed by atoms with Gasteiger partial charge in [0, 0.05) is 12.0 Å². The standard InChI is InChI=1S/C19H14F3IO/c20-19(21,22)15-9-11-16(12-10-15)24-18(23)13-5-4-8-17(18)14-6-2-1-3-7-14/h1-12H,13H2. The Hall–Kier alpha value is -1.76. The third-order valence-electron chi connectivity index (χ3n) is 3.73. The van der Waals surface area contributed by atoms with E-state index >= 15 is 0 Å². The lowest BCUT2D eigenvalue weighted by atomic mass is 9.94. The van der Waals surface area contributed by atoms with Crippen LogP contribution in [0.2, 0.25) is 0 Å². The van der Waals surface area contributed by atoms with Gasteiger partial charge in [-0.2, -0.15) is 13.2 Å². The lowest BCUT2D eigenvalue weighted by molar-refractivity contribution is -0.137. The summed E-state index contributed by atoms with van der Waals surface area (Å²) in [6, 6.07) is 14.6. The van der Waals surface area contributed by atoms with E-state index in [1.807, 2.05) is 48.6 Å². The zero-order valence-corrected chi connectivity index (χ0v) is 14.7. The second kappa shape index (κ2) is 6.63. The first-order chi connectivity index (χ1) is 11.4. The molecular weight excluding hydrogens is 428 g/mol. The van der Waals surface area contributed by atoms with Gasteiger partial charge in [-0.25, -0.2) is 0 Å². The molecule has 24 heavy (non-hydrogen) atoms. The van der Waals surface area contributed by atoms with Gasteiger partial charge in [-0.3, -0.25) is 0 Å². The Kier molecular flexibility index (Phi) is 4.71. The van der Waals surface area contributed by atoms with Crippen LogP contribution in [0, 0.1) is 0 Å². The highest BCUT2D eigenvalue weighted by Gasteiger charge is 2.35. The summed E-state index contributed by atoms with van der Waals surface area (Å²) in [4.78, 5) is 0. The lowest BCUT2D eigenvalue weighted by Crippen LogP contribution is -2.31. The molecule has 0 spiro atoms. The van der Waals surface area contributed by atoms with Crippen LogP contribution in [0.4, 0.5) is 13.2 Å². The quantitative estimate of drug-likeness (QED) is 0.403. The third-order valence-corrected chi connectivity index (χ3v) is 4.97. The van der Waals surface area contributed by atoms with E-state index in [2.05, 4.69) is 22.6 Å². The minimum Gasteiger partial charge on any atom is -0.472 e. The summed E-state index contributed by atoms with van der Waals surface area (Å²) in [5, 5.41) is 0. The van der Waals surface area contributed by atoms with Gasteiger partial charge in [-0.1, -0.05) is 48.6 Å². The van der Waals surface area contributed by atoms with Crippen molar-refractivity contribution in [1.82, 2.24) is 0 Å². The molecule has 2 aromatic carbocycles. The molecule has 0 radical (unpaired) electrons. The molecule has 1 aliphatic carbocycles. The summed E-state index contributed by atoms with van der Waals surface area (Å²) in [6.07, 6.45) is 2.23. The van der Waals surface area contributed by atoms with Gasteiger partial charge < -0.3 is 4.74 Å². The third kappa shape index (κ3) is 3.66. The minimum absolute atomic E-state index is 0.412. The molecular formula is C19H14F3IO. The summed E-state index contributed by atoms with van der Waals surface area (Å²) >= 11 is 2.22. The van der Waals surface area contributed by atoms with Crippen LogP contribution in [0.15, 0.2) is 72.8 Å². The Labute approximate surface area is 152 Å². The van der Waals surface area contributed by atoms with Gasteiger partial charge in [0.05, 0.1) is 5.56 Å². The SMILES string of the molecule is FC(F)(F)c1ccc(OC2(I)CC=CC=C2c2ccccc2)cc1. The number of allylic oxidation sites excluding steroid dienone is 2. The molecule has 0 N–H and O–H groups in total. The fourth-order valence-corrected chi connectivity index (χ4v) is 3.54. The second-order valence-electron chi connectivity index (χ2n) is 5.43. The van der Waals surface area contributed by atoms with Crippen LogP contribution in [0.1, 0.15) is 17.5 Å². The van der Waals surface area contributed by atoms with Crippen molar-refractivity contribution in [1.29, 1.82) is 0 Å². The van der Waals surface area contributed by atoms with Crippen molar-refractivity contribution in [3.8, 4) is 5.75 Å².